The Morgan fingerprint density at radius 3 is 2.70 bits per heavy atom. The van der Waals surface area contributed by atoms with Crippen molar-refractivity contribution in [3.05, 3.63) is 41.1 Å². The number of methoxy groups -OCH3 is 1. The molecule has 5 rings (SSSR count). The maximum absolute atomic E-state index is 12.9. The number of para-hydroxylation sites is 2. The normalized spacial score (nSPS) is 18.4. The highest BCUT2D eigenvalue weighted by molar-refractivity contribution is 8.00. The Morgan fingerprint density at radius 2 is 1.97 bits per heavy atom. The summed E-state index contributed by atoms with van der Waals surface area (Å²) in [6.07, 6.45) is 1.90. The van der Waals surface area contributed by atoms with Crippen LogP contribution in [0, 0.1) is 0 Å². The molecule has 0 saturated carbocycles. The van der Waals surface area contributed by atoms with Gasteiger partial charge in [0.05, 0.1) is 18.1 Å². The third-order valence-corrected chi connectivity index (χ3v) is 6.79. The molecule has 3 N–H and O–H groups in total. The number of primary amides is 1. The smallest absolute Gasteiger partial charge is 0.412 e. The number of thioether (sulfide) groups is 1. The molecule has 1 atom stereocenters. The Labute approximate surface area is 191 Å². The minimum atomic E-state index is -1.02. The van der Waals surface area contributed by atoms with Crippen LogP contribution in [0.5, 0.6) is 5.88 Å². The number of urea groups is 1. The third kappa shape index (κ3) is 3.63. The van der Waals surface area contributed by atoms with Crippen LogP contribution in [0.25, 0.3) is 11.0 Å². The zero-order chi connectivity index (χ0) is 23.1. The second kappa shape index (κ2) is 8.31. The van der Waals surface area contributed by atoms with Crippen molar-refractivity contribution in [3.63, 3.8) is 0 Å². The van der Waals surface area contributed by atoms with Crippen molar-refractivity contribution >= 4 is 40.6 Å². The predicted octanol–water partition coefficient (Wildman–Crippen LogP) is 1.88. The molecule has 2 aliphatic heterocycles. The summed E-state index contributed by atoms with van der Waals surface area (Å²) in [4.78, 5) is 51.1. The van der Waals surface area contributed by atoms with Crippen LogP contribution < -0.4 is 21.1 Å². The lowest BCUT2D eigenvalue weighted by Crippen LogP contribution is -2.46. The van der Waals surface area contributed by atoms with E-state index < -0.39 is 17.7 Å². The monoisotopic (exact) mass is 471 g/mol. The topological polar surface area (TPSA) is 149 Å². The number of amides is 3. The Kier molecular flexibility index (Phi) is 5.32. The summed E-state index contributed by atoms with van der Waals surface area (Å²) in [5.74, 6) is 0.162. The first-order valence-corrected chi connectivity index (χ1v) is 11.1. The second-order valence-electron chi connectivity index (χ2n) is 7.59. The SMILES string of the molecule is COc1ncnc2c1N(C(N)=O)C(OC(=O)N1CCC(n3c(=O)[nH]c4ccccc43)CC1)S2. The number of aromatic amines is 1. The van der Waals surface area contributed by atoms with E-state index >= 15 is 0 Å². The summed E-state index contributed by atoms with van der Waals surface area (Å²) < 4.78 is 12.6. The van der Waals surface area contributed by atoms with E-state index in [1.807, 2.05) is 24.3 Å². The fraction of sp³-hybridized carbons (Fsp3) is 0.350. The summed E-state index contributed by atoms with van der Waals surface area (Å²) in [5.41, 5.74) is 6.25. The molecular formula is C20H21N7O5S. The molecule has 2 aromatic heterocycles. The number of aromatic nitrogens is 4. The number of hydrogen-bond donors (Lipinski definition) is 2. The molecule has 1 aromatic carbocycles. The van der Waals surface area contributed by atoms with Crippen molar-refractivity contribution in [2.24, 2.45) is 5.73 Å². The molecule has 0 spiro atoms. The van der Waals surface area contributed by atoms with Gasteiger partial charge in [-0.1, -0.05) is 12.1 Å². The number of anilines is 1. The maximum atomic E-state index is 12.9. The van der Waals surface area contributed by atoms with Gasteiger partial charge in [-0.15, -0.1) is 0 Å². The van der Waals surface area contributed by atoms with Gasteiger partial charge in [-0.3, -0.25) is 4.57 Å². The van der Waals surface area contributed by atoms with E-state index in [2.05, 4.69) is 15.0 Å². The standard InChI is InChI=1S/C20H21N7O5S/c1-31-15-14-16(23-10-22-15)33-20(27(14)17(21)28)32-19(30)25-8-6-11(7-9-25)26-13-5-3-2-4-12(13)24-18(26)29/h2-5,10-11,20H,6-9H2,1H3,(H2,21,28)(H,24,29). The Balaban J connectivity index is 1.28. The number of H-pyrrole nitrogens is 1. The van der Waals surface area contributed by atoms with Crippen molar-refractivity contribution in [2.75, 3.05) is 25.1 Å². The van der Waals surface area contributed by atoms with Crippen LogP contribution in [0.3, 0.4) is 0 Å². The number of imidazole rings is 1. The molecule has 3 amide bonds. The van der Waals surface area contributed by atoms with E-state index in [1.165, 1.54) is 13.4 Å². The fourth-order valence-electron chi connectivity index (χ4n) is 4.24. The van der Waals surface area contributed by atoms with Gasteiger partial charge in [0.25, 0.3) is 0 Å². The van der Waals surface area contributed by atoms with E-state index in [4.69, 9.17) is 15.2 Å². The Bertz CT molecular complexity index is 1280. The lowest BCUT2D eigenvalue weighted by atomic mass is 10.0. The van der Waals surface area contributed by atoms with Gasteiger partial charge < -0.3 is 25.1 Å². The van der Waals surface area contributed by atoms with E-state index in [1.54, 1.807) is 9.47 Å². The molecule has 0 bridgehead atoms. The first kappa shape index (κ1) is 21.1. The number of carbonyl (C=O) groups excluding carboxylic acids is 2. The number of nitrogens with one attached hydrogen (secondary N) is 1. The van der Waals surface area contributed by atoms with Gasteiger partial charge in [0, 0.05) is 19.1 Å². The average molecular weight is 471 g/mol. The highest BCUT2D eigenvalue weighted by Gasteiger charge is 2.41. The summed E-state index contributed by atoms with van der Waals surface area (Å²) in [5, 5.41) is 0.427. The van der Waals surface area contributed by atoms with E-state index in [-0.39, 0.29) is 23.3 Å². The Morgan fingerprint density at radius 1 is 1.21 bits per heavy atom. The molecule has 1 fully saturated rings. The van der Waals surface area contributed by atoms with Crippen molar-refractivity contribution in [1.82, 2.24) is 24.4 Å². The number of nitrogens with zero attached hydrogens (tertiary/aromatic N) is 5. The van der Waals surface area contributed by atoms with Crippen molar-refractivity contribution in [3.8, 4) is 5.88 Å². The molecule has 13 heteroatoms. The zero-order valence-electron chi connectivity index (χ0n) is 17.6. The average Bonchev–Trinajstić information content (AvgIpc) is 3.35. The number of rotatable bonds is 3. The molecule has 0 aliphatic carbocycles. The number of fused-ring (bicyclic) bond motifs is 2. The summed E-state index contributed by atoms with van der Waals surface area (Å²) in [7, 11) is 1.41. The fourth-order valence-corrected chi connectivity index (χ4v) is 5.28. The first-order chi connectivity index (χ1) is 16.0. The number of piperidine rings is 1. The Hall–Kier alpha value is -3.74. The van der Waals surface area contributed by atoms with Gasteiger partial charge in [-0.25, -0.2) is 24.3 Å². The minimum absolute atomic E-state index is 0.0375. The predicted molar refractivity (Wildman–Crippen MR) is 119 cm³/mol. The molecule has 172 valence electrons. The van der Waals surface area contributed by atoms with Gasteiger partial charge >= 0.3 is 17.8 Å². The van der Waals surface area contributed by atoms with Gasteiger partial charge in [-0.2, -0.15) is 4.98 Å². The molecule has 1 unspecified atom stereocenters. The van der Waals surface area contributed by atoms with E-state index in [9.17, 15) is 14.4 Å². The van der Waals surface area contributed by atoms with Crippen LogP contribution in [0.4, 0.5) is 15.3 Å². The number of carbonyl (C=O) groups is 2. The van der Waals surface area contributed by atoms with Gasteiger partial charge in [0.15, 0.2) is 0 Å². The summed E-state index contributed by atoms with van der Waals surface area (Å²) in [6.45, 7) is 0.805. The molecule has 12 nitrogen and oxygen atoms in total. The van der Waals surface area contributed by atoms with Crippen LogP contribution in [-0.2, 0) is 4.74 Å². The lowest BCUT2D eigenvalue weighted by Gasteiger charge is -2.33. The number of benzene rings is 1. The van der Waals surface area contributed by atoms with E-state index in [0.717, 1.165) is 27.7 Å². The number of ether oxygens (including phenoxy) is 2. The molecule has 4 heterocycles. The van der Waals surface area contributed by atoms with Crippen LogP contribution in [0.1, 0.15) is 18.9 Å². The zero-order valence-corrected chi connectivity index (χ0v) is 18.4. The third-order valence-electron chi connectivity index (χ3n) is 5.76. The summed E-state index contributed by atoms with van der Waals surface area (Å²) in [6, 6.07) is 6.67. The molecule has 3 aromatic rings. The van der Waals surface area contributed by atoms with Crippen LogP contribution in [0.15, 0.2) is 40.4 Å². The molecule has 33 heavy (non-hydrogen) atoms. The van der Waals surface area contributed by atoms with Gasteiger partial charge in [0.1, 0.15) is 17.0 Å². The quantitative estimate of drug-likeness (QED) is 0.550. The highest BCUT2D eigenvalue weighted by atomic mass is 32.2. The molecular weight excluding hydrogens is 450 g/mol. The second-order valence-corrected chi connectivity index (χ2v) is 8.61. The number of likely N-dealkylation sites (tertiary alicyclic amines) is 1. The summed E-state index contributed by atoms with van der Waals surface area (Å²) >= 11 is 1.07. The van der Waals surface area contributed by atoms with Crippen LogP contribution in [0.2, 0.25) is 0 Å². The minimum Gasteiger partial charge on any atom is -0.479 e. The van der Waals surface area contributed by atoms with Gasteiger partial charge in [0.2, 0.25) is 11.4 Å². The number of nitrogens with two attached hydrogens (primary N) is 1. The maximum Gasteiger partial charge on any atom is 0.412 e. The molecule has 0 radical (unpaired) electrons. The molecule has 1 saturated heterocycles. The number of hydrogen-bond acceptors (Lipinski definition) is 8. The highest BCUT2D eigenvalue weighted by Crippen LogP contribution is 2.46. The van der Waals surface area contributed by atoms with Crippen LogP contribution in [-0.4, -0.2) is 62.3 Å². The largest absolute Gasteiger partial charge is 0.479 e. The van der Waals surface area contributed by atoms with Crippen LogP contribution >= 0.6 is 11.8 Å². The van der Waals surface area contributed by atoms with E-state index in [0.29, 0.717) is 31.0 Å². The van der Waals surface area contributed by atoms with Crippen molar-refractivity contribution < 1.29 is 19.1 Å². The molecule has 2 aliphatic rings. The first-order valence-electron chi connectivity index (χ1n) is 10.3. The van der Waals surface area contributed by atoms with Gasteiger partial charge in [-0.05, 0) is 36.7 Å². The van der Waals surface area contributed by atoms with Crippen molar-refractivity contribution in [1.29, 1.82) is 0 Å². The van der Waals surface area contributed by atoms with Crippen molar-refractivity contribution in [2.45, 2.75) is 29.5 Å². The lowest BCUT2D eigenvalue weighted by molar-refractivity contribution is 0.0817.